The minimum Gasteiger partial charge on any atom is -0.382 e. The predicted molar refractivity (Wildman–Crippen MR) is 101 cm³/mol. The molecular formula is C15H33IN4O. The van der Waals surface area contributed by atoms with Crippen molar-refractivity contribution in [1.29, 1.82) is 0 Å². The predicted octanol–water partition coefficient (Wildman–Crippen LogP) is 2.07. The Morgan fingerprint density at radius 3 is 2.71 bits per heavy atom. The SMILES string of the molecule is CCOCCCNC(=NC)NCCN1CCCCC1C.I. The first-order chi connectivity index (χ1) is 9.77. The van der Waals surface area contributed by atoms with E-state index in [0.29, 0.717) is 0 Å². The fourth-order valence-corrected chi connectivity index (χ4v) is 2.55. The van der Waals surface area contributed by atoms with Gasteiger partial charge in [0.05, 0.1) is 0 Å². The van der Waals surface area contributed by atoms with Gasteiger partial charge in [-0.05, 0) is 39.7 Å². The molecule has 0 radical (unpaired) electrons. The molecule has 0 saturated carbocycles. The van der Waals surface area contributed by atoms with Gasteiger partial charge in [0.15, 0.2) is 5.96 Å². The summed E-state index contributed by atoms with van der Waals surface area (Å²) in [7, 11) is 1.82. The van der Waals surface area contributed by atoms with Gasteiger partial charge in [0.2, 0.25) is 0 Å². The van der Waals surface area contributed by atoms with Crippen molar-refractivity contribution in [2.75, 3.05) is 46.4 Å². The third kappa shape index (κ3) is 9.52. The Morgan fingerprint density at radius 1 is 1.29 bits per heavy atom. The van der Waals surface area contributed by atoms with E-state index >= 15 is 0 Å². The van der Waals surface area contributed by atoms with Crippen LogP contribution >= 0.6 is 24.0 Å². The Bertz CT molecular complexity index is 276. The van der Waals surface area contributed by atoms with Crippen LogP contribution in [0.2, 0.25) is 0 Å². The number of ether oxygens (including phenoxy) is 1. The summed E-state index contributed by atoms with van der Waals surface area (Å²) in [6, 6.07) is 0.728. The van der Waals surface area contributed by atoms with Crippen LogP contribution in [0.15, 0.2) is 4.99 Å². The van der Waals surface area contributed by atoms with Gasteiger partial charge in [-0.3, -0.25) is 9.89 Å². The Morgan fingerprint density at radius 2 is 2.05 bits per heavy atom. The first-order valence-electron chi connectivity index (χ1n) is 8.04. The van der Waals surface area contributed by atoms with Crippen molar-refractivity contribution in [3.63, 3.8) is 0 Å². The molecular weight excluding hydrogens is 379 g/mol. The Hall–Kier alpha value is -0.0800. The topological polar surface area (TPSA) is 48.9 Å². The average Bonchev–Trinajstić information content (AvgIpc) is 2.47. The lowest BCUT2D eigenvalue weighted by Crippen LogP contribution is -2.45. The highest BCUT2D eigenvalue weighted by Gasteiger charge is 2.17. The normalized spacial score (nSPS) is 20.0. The molecule has 1 unspecified atom stereocenters. The molecule has 0 aliphatic carbocycles. The summed E-state index contributed by atoms with van der Waals surface area (Å²) in [5.74, 6) is 0.895. The van der Waals surface area contributed by atoms with Gasteiger partial charge in [-0.25, -0.2) is 0 Å². The maximum atomic E-state index is 5.31. The molecule has 5 nitrogen and oxygen atoms in total. The largest absolute Gasteiger partial charge is 0.382 e. The van der Waals surface area contributed by atoms with E-state index in [-0.39, 0.29) is 24.0 Å². The van der Waals surface area contributed by atoms with Crippen molar-refractivity contribution in [2.24, 2.45) is 4.99 Å². The number of aliphatic imine (C=N–C) groups is 1. The zero-order valence-corrected chi connectivity index (χ0v) is 16.2. The molecule has 1 aliphatic rings. The minimum absolute atomic E-state index is 0. The molecule has 1 aliphatic heterocycles. The summed E-state index contributed by atoms with van der Waals surface area (Å²) in [5.41, 5.74) is 0. The lowest BCUT2D eigenvalue weighted by atomic mass is 10.0. The van der Waals surface area contributed by atoms with Gasteiger partial charge in [0.25, 0.3) is 0 Å². The fourth-order valence-electron chi connectivity index (χ4n) is 2.55. The summed E-state index contributed by atoms with van der Waals surface area (Å²) in [6.07, 6.45) is 5.07. The highest BCUT2D eigenvalue weighted by molar-refractivity contribution is 14.0. The van der Waals surface area contributed by atoms with Crippen LogP contribution in [0.4, 0.5) is 0 Å². The van der Waals surface area contributed by atoms with Crippen molar-refractivity contribution < 1.29 is 4.74 Å². The number of hydrogen-bond acceptors (Lipinski definition) is 3. The molecule has 0 aromatic carbocycles. The van der Waals surface area contributed by atoms with Gasteiger partial charge < -0.3 is 15.4 Å². The van der Waals surface area contributed by atoms with Crippen molar-refractivity contribution in [3.8, 4) is 0 Å². The van der Waals surface area contributed by atoms with Crippen LogP contribution in [-0.2, 0) is 4.74 Å². The van der Waals surface area contributed by atoms with Crippen LogP contribution in [0, 0.1) is 0 Å². The van der Waals surface area contributed by atoms with Crippen LogP contribution < -0.4 is 10.6 Å². The van der Waals surface area contributed by atoms with Gasteiger partial charge in [-0.15, -0.1) is 24.0 Å². The molecule has 1 fully saturated rings. The molecule has 1 saturated heterocycles. The molecule has 126 valence electrons. The highest BCUT2D eigenvalue weighted by Crippen LogP contribution is 2.15. The summed E-state index contributed by atoms with van der Waals surface area (Å²) >= 11 is 0. The summed E-state index contributed by atoms with van der Waals surface area (Å²) < 4.78 is 5.31. The molecule has 0 aromatic heterocycles. The molecule has 0 aromatic rings. The molecule has 1 rings (SSSR count). The minimum atomic E-state index is 0. The van der Waals surface area contributed by atoms with Crippen molar-refractivity contribution >= 4 is 29.9 Å². The standard InChI is InChI=1S/C15H32N4O.HI/c1-4-20-13-7-9-17-15(16-3)18-10-12-19-11-6-5-8-14(19)2;/h14H,4-13H2,1-3H3,(H2,16,17,18);1H. The lowest BCUT2D eigenvalue weighted by Gasteiger charge is -2.33. The van der Waals surface area contributed by atoms with Gasteiger partial charge in [0, 0.05) is 45.9 Å². The average molecular weight is 412 g/mol. The first-order valence-corrected chi connectivity index (χ1v) is 8.04. The number of nitrogens with one attached hydrogen (secondary N) is 2. The number of likely N-dealkylation sites (tertiary alicyclic amines) is 1. The van der Waals surface area contributed by atoms with Gasteiger partial charge in [-0.1, -0.05) is 6.42 Å². The van der Waals surface area contributed by atoms with E-state index in [9.17, 15) is 0 Å². The quantitative estimate of drug-likeness (QED) is 0.277. The number of nitrogens with zero attached hydrogens (tertiary/aromatic N) is 2. The maximum Gasteiger partial charge on any atom is 0.191 e. The smallest absolute Gasteiger partial charge is 0.191 e. The summed E-state index contributed by atoms with van der Waals surface area (Å²) in [6.45, 7) is 10.2. The molecule has 0 amide bonds. The number of piperidine rings is 1. The molecule has 0 spiro atoms. The van der Waals surface area contributed by atoms with E-state index in [0.717, 1.165) is 51.3 Å². The number of halogens is 1. The van der Waals surface area contributed by atoms with Crippen LogP contribution in [0.1, 0.15) is 39.5 Å². The van der Waals surface area contributed by atoms with Gasteiger partial charge in [0.1, 0.15) is 0 Å². The molecule has 0 bridgehead atoms. The van der Waals surface area contributed by atoms with E-state index < -0.39 is 0 Å². The van der Waals surface area contributed by atoms with E-state index in [1.807, 2.05) is 14.0 Å². The maximum absolute atomic E-state index is 5.31. The lowest BCUT2D eigenvalue weighted by molar-refractivity contribution is 0.145. The summed E-state index contributed by atoms with van der Waals surface area (Å²) in [4.78, 5) is 6.81. The molecule has 1 atom stereocenters. The Labute approximate surface area is 147 Å². The van der Waals surface area contributed by atoms with Gasteiger partial charge in [-0.2, -0.15) is 0 Å². The Balaban J connectivity index is 0.00000400. The zero-order valence-electron chi connectivity index (χ0n) is 13.9. The van der Waals surface area contributed by atoms with Crippen LogP contribution in [0.3, 0.4) is 0 Å². The van der Waals surface area contributed by atoms with E-state index in [1.165, 1.54) is 25.8 Å². The highest BCUT2D eigenvalue weighted by atomic mass is 127. The van der Waals surface area contributed by atoms with Crippen LogP contribution in [0.25, 0.3) is 0 Å². The van der Waals surface area contributed by atoms with Gasteiger partial charge >= 0.3 is 0 Å². The summed E-state index contributed by atoms with van der Waals surface area (Å²) in [5, 5.41) is 6.70. The zero-order chi connectivity index (χ0) is 14.6. The van der Waals surface area contributed by atoms with Crippen molar-refractivity contribution in [3.05, 3.63) is 0 Å². The number of guanidine groups is 1. The number of hydrogen-bond donors (Lipinski definition) is 2. The second-order valence-corrected chi connectivity index (χ2v) is 5.36. The third-order valence-corrected chi connectivity index (χ3v) is 3.82. The number of rotatable bonds is 8. The second kappa shape index (κ2) is 13.6. The molecule has 6 heteroatoms. The van der Waals surface area contributed by atoms with E-state index in [4.69, 9.17) is 4.74 Å². The second-order valence-electron chi connectivity index (χ2n) is 5.36. The van der Waals surface area contributed by atoms with E-state index in [1.54, 1.807) is 0 Å². The molecule has 21 heavy (non-hydrogen) atoms. The Kier molecular flexibility index (Phi) is 13.5. The first kappa shape index (κ1) is 20.9. The monoisotopic (exact) mass is 412 g/mol. The van der Waals surface area contributed by atoms with E-state index in [2.05, 4.69) is 27.4 Å². The third-order valence-electron chi connectivity index (χ3n) is 3.82. The van der Waals surface area contributed by atoms with Crippen molar-refractivity contribution in [1.82, 2.24) is 15.5 Å². The van der Waals surface area contributed by atoms with Crippen LogP contribution in [0.5, 0.6) is 0 Å². The molecule has 1 heterocycles. The molecule has 2 N–H and O–H groups in total. The van der Waals surface area contributed by atoms with Crippen LogP contribution in [-0.4, -0.2) is 63.3 Å². The van der Waals surface area contributed by atoms with Crippen molar-refractivity contribution in [2.45, 2.75) is 45.6 Å². The fraction of sp³-hybridized carbons (Fsp3) is 0.933.